The fourth-order valence-electron chi connectivity index (χ4n) is 2.97. The Morgan fingerprint density at radius 1 is 1.14 bits per heavy atom. The van der Waals surface area contributed by atoms with E-state index in [1.807, 2.05) is 0 Å². The summed E-state index contributed by atoms with van der Waals surface area (Å²) in [4.78, 5) is 0. The van der Waals surface area contributed by atoms with E-state index < -0.39 is 0 Å². The molecule has 21 heavy (non-hydrogen) atoms. The zero-order chi connectivity index (χ0) is 14.5. The Hall–Kier alpha value is -1.80. The number of fused-ring (bicyclic) bond motifs is 1. The van der Waals surface area contributed by atoms with Crippen LogP contribution in [0.25, 0.3) is 0 Å². The summed E-state index contributed by atoms with van der Waals surface area (Å²) in [6.45, 7) is 3.83. The zero-order valence-corrected chi connectivity index (χ0v) is 12.6. The zero-order valence-electron chi connectivity index (χ0n) is 12.6. The maximum atomic E-state index is 6.10. The van der Waals surface area contributed by atoms with Crippen LogP contribution in [-0.2, 0) is 17.6 Å². The molecule has 3 rings (SSSR count). The SMILES string of the molecule is CCCc1cccc(C2Cc3ccccc3NCCO2)c1. The van der Waals surface area contributed by atoms with Crippen molar-refractivity contribution in [2.75, 3.05) is 18.5 Å². The summed E-state index contributed by atoms with van der Waals surface area (Å²) in [5, 5.41) is 3.44. The maximum Gasteiger partial charge on any atom is 0.0867 e. The number of hydrogen-bond donors (Lipinski definition) is 1. The predicted octanol–water partition coefficient (Wildman–Crippen LogP) is 4.37. The number of ether oxygens (including phenoxy) is 1. The van der Waals surface area contributed by atoms with Crippen LogP contribution in [0.15, 0.2) is 48.5 Å². The topological polar surface area (TPSA) is 21.3 Å². The van der Waals surface area contributed by atoms with Crippen molar-refractivity contribution in [2.24, 2.45) is 0 Å². The number of hydrogen-bond acceptors (Lipinski definition) is 2. The van der Waals surface area contributed by atoms with E-state index >= 15 is 0 Å². The summed E-state index contributed by atoms with van der Waals surface area (Å²) < 4.78 is 6.10. The molecule has 0 amide bonds. The molecule has 0 radical (unpaired) electrons. The average Bonchev–Trinajstić information content (AvgIpc) is 2.49. The van der Waals surface area contributed by atoms with Gasteiger partial charge >= 0.3 is 0 Å². The lowest BCUT2D eigenvalue weighted by Gasteiger charge is -2.24. The van der Waals surface area contributed by atoms with Gasteiger partial charge in [-0.1, -0.05) is 55.8 Å². The molecule has 1 N–H and O–H groups in total. The second kappa shape index (κ2) is 6.77. The minimum atomic E-state index is 0.157. The Morgan fingerprint density at radius 3 is 2.95 bits per heavy atom. The van der Waals surface area contributed by atoms with Crippen molar-refractivity contribution in [1.29, 1.82) is 0 Å². The average molecular weight is 281 g/mol. The van der Waals surface area contributed by atoms with E-state index in [2.05, 4.69) is 60.8 Å². The highest BCUT2D eigenvalue weighted by Gasteiger charge is 2.17. The Morgan fingerprint density at radius 2 is 2.05 bits per heavy atom. The van der Waals surface area contributed by atoms with E-state index in [1.54, 1.807) is 0 Å². The third-order valence-electron chi connectivity index (χ3n) is 4.02. The van der Waals surface area contributed by atoms with Crippen LogP contribution >= 0.6 is 0 Å². The van der Waals surface area contributed by atoms with Crippen LogP contribution in [0.4, 0.5) is 5.69 Å². The standard InChI is InChI=1S/C19H23NO/c1-2-6-15-7-5-9-17(13-15)19-14-16-8-3-4-10-18(16)20-11-12-21-19/h3-5,7-10,13,19-20H,2,6,11-12,14H2,1H3. The van der Waals surface area contributed by atoms with Gasteiger partial charge in [-0.15, -0.1) is 0 Å². The molecule has 0 aliphatic carbocycles. The Balaban J connectivity index is 1.86. The minimum absolute atomic E-state index is 0.157. The number of nitrogens with one attached hydrogen (secondary N) is 1. The van der Waals surface area contributed by atoms with Crippen LogP contribution in [-0.4, -0.2) is 13.2 Å². The van der Waals surface area contributed by atoms with Gasteiger partial charge in [0.1, 0.15) is 0 Å². The van der Waals surface area contributed by atoms with Crippen molar-refractivity contribution >= 4 is 5.69 Å². The quantitative estimate of drug-likeness (QED) is 0.902. The van der Waals surface area contributed by atoms with Crippen molar-refractivity contribution in [3.63, 3.8) is 0 Å². The predicted molar refractivity (Wildman–Crippen MR) is 87.8 cm³/mol. The first-order valence-electron chi connectivity index (χ1n) is 7.89. The third kappa shape index (κ3) is 3.45. The maximum absolute atomic E-state index is 6.10. The summed E-state index contributed by atoms with van der Waals surface area (Å²) in [5.74, 6) is 0. The summed E-state index contributed by atoms with van der Waals surface area (Å²) in [6.07, 6.45) is 3.41. The lowest BCUT2D eigenvalue weighted by atomic mass is 9.97. The van der Waals surface area contributed by atoms with Gasteiger partial charge < -0.3 is 10.1 Å². The Bertz CT molecular complexity index is 594. The minimum Gasteiger partial charge on any atom is -0.383 e. The van der Waals surface area contributed by atoms with Crippen molar-refractivity contribution < 1.29 is 4.74 Å². The second-order valence-electron chi connectivity index (χ2n) is 5.64. The van der Waals surface area contributed by atoms with Gasteiger partial charge in [0.05, 0.1) is 12.7 Å². The molecule has 0 fully saturated rings. The molecule has 0 bridgehead atoms. The summed E-state index contributed by atoms with van der Waals surface area (Å²) in [5.41, 5.74) is 5.29. The molecule has 1 unspecified atom stereocenters. The molecule has 2 aromatic carbocycles. The molecule has 2 nitrogen and oxygen atoms in total. The number of para-hydroxylation sites is 1. The Kier molecular flexibility index (Phi) is 4.56. The normalized spacial score (nSPS) is 18.2. The molecule has 0 saturated carbocycles. The van der Waals surface area contributed by atoms with Crippen LogP contribution in [0.5, 0.6) is 0 Å². The van der Waals surface area contributed by atoms with E-state index in [9.17, 15) is 0 Å². The van der Waals surface area contributed by atoms with E-state index in [4.69, 9.17) is 4.74 Å². The van der Waals surface area contributed by atoms with Gasteiger partial charge in [0.25, 0.3) is 0 Å². The molecule has 2 heteroatoms. The first-order chi connectivity index (χ1) is 10.4. The first-order valence-corrected chi connectivity index (χ1v) is 7.89. The van der Waals surface area contributed by atoms with Crippen LogP contribution in [0.3, 0.4) is 0 Å². The molecular formula is C19H23NO. The number of aryl methyl sites for hydroxylation is 1. The lowest BCUT2D eigenvalue weighted by Crippen LogP contribution is -2.19. The molecule has 1 heterocycles. The number of rotatable bonds is 3. The van der Waals surface area contributed by atoms with Gasteiger partial charge in [-0.25, -0.2) is 0 Å². The van der Waals surface area contributed by atoms with Crippen LogP contribution in [0.1, 0.15) is 36.1 Å². The van der Waals surface area contributed by atoms with Crippen LogP contribution in [0.2, 0.25) is 0 Å². The third-order valence-corrected chi connectivity index (χ3v) is 4.02. The van der Waals surface area contributed by atoms with Crippen LogP contribution < -0.4 is 5.32 Å². The van der Waals surface area contributed by atoms with Gasteiger partial charge in [-0.3, -0.25) is 0 Å². The number of anilines is 1. The highest BCUT2D eigenvalue weighted by molar-refractivity contribution is 5.52. The fourth-order valence-corrected chi connectivity index (χ4v) is 2.97. The van der Waals surface area contributed by atoms with Gasteiger partial charge in [-0.05, 0) is 29.2 Å². The largest absolute Gasteiger partial charge is 0.383 e. The molecule has 0 spiro atoms. The second-order valence-corrected chi connectivity index (χ2v) is 5.64. The fraction of sp³-hybridized carbons (Fsp3) is 0.368. The molecule has 110 valence electrons. The van der Waals surface area contributed by atoms with Gasteiger partial charge in [-0.2, -0.15) is 0 Å². The van der Waals surface area contributed by atoms with E-state index in [0.29, 0.717) is 0 Å². The molecule has 1 aliphatic heterocycles. The van der Waals surface area contributed by atoms with Crippen molar-refractivity contribution in [3.05, 3.63) is 65.2 Å². The highest BCUT2D eigenvalue weighted by atomic mass is 16.5. The van der Waals surface area contributed by atoms with Gasteiger partial charge in [0.15, 0.2) is 0 Å². The van der Waals surface area contributed by atoms with Crippen molar-refractivity contribution in [3.8, 4) is 0 Å². The van der Waals surface area contributed by atoms with E-state index in [1.165, 1.54) is 28.8 Å². The summed E-state index contributed by atoms with van der Waals surface area (Å²) in [7, 11) is 0. The molecular weight excluding hydrogens is 258 g/mol. The Labute approximate surface area is 127 Å². The molecule has 0 aromatic heterocycles. The lowest BCUT2D eigenvalue weighted by molar-refractivity contribution is 0.0587. The van der Waals surface area contributed by atoms with E-state index in [-0.39, 0.29) is 6.10 Å². The smallest absolute Gasteiger partial charge is 0.0867 e. The van der Waals surface area contributed by atoms with Gasteiger partial charge in [0, 0.05) is 18.7 Å². The molecule has 2 aromatic rings. The highest BCUT2D eigenvalue weighted by Crippen LogP contribution is 2.28. The van der Waals surface area contributed by atoms with Gasteiger partial charge in [0.2, 0.25) is 0 Å². The summed E-state index contributed by atoms with van der Waals surface area (Å²) in [6, 6.07) is 17.4. The van der Waals surface area contributed by atoms with Crippen molar-refractivity contribution in [2.45, 2.75) is 32.3 Å². The van der Waals surface area contributed by atoms with Crippen LogP contribution in [0, 0.1) is 0 Å². The molecule has 0 saturated heterocycles. The van der Waals surface area contributed by atoms with Crippen molar-refractivity contribution in [1.82, 2.24) is 0 Å². The summed E-state index contributed by atoms with van der Waals surface area (Å²) >= 11 is 0. The first kappa shape index (κ1) is 14.2. The number of benzene rings is 2. The molecule has 1 atom stereocenters. The van der Waals surface area contributed by atoms with E-state index in [0.717, 1.165) is 26.0 Å². The monoisotopic (exact) mass is 281 g/mol. The molecule has 1 aliphatic rings.